The molecule has 0 aromatic heterocycles. The lowest BCUT2D eigenvalue weighted by molar-refractivity contribution is 0.261. The Hall–Kier alpha value is -2.06. The maximum atomic E-state index is 5.73. The van der Waals surface area contributed by atoms with Gasteiger partial charge in [0, 0.05) is 6.54 Å². The quantitative estimate of drug-likeness (QED) is 0.756. The first kappa shape index (κ1) is 16.3. The molecule has 2 aromatic carbocycles. The third-order valence-electron chi connectivity index (χ3n) is 3.62. The SMILES string of the molecule is C/C=C(/Cc1ccc(OCCN(C)C)cc1)c1ccccc1. The minimum atomic E-state index is 0.719. The van der Waals surface area contributed by atoms with E-state index in [0.717, 1.165) is 25.3 Å². The van der Waals surface area contributed by atoms with Crippen molar-refractivity contribution in [2.45, 2.75) is 13.3 Å². The number of rotatable bonds is 7. The van der Waals surface area contributed by atoms with Crippen LogP contribution >= 0.6 is 0 Å². The van der Waals surface area contributed by atoms with Gasteiger partial charge in [0.1, 0.15) is 12.4 Å². The maximum Gasteiger partial charge on any atom is 0.119 e. The van der Waals surface area contributed by atoms with E-state index in [9.17, 15) is 0 Å². The van der Waals surface area contributed by atoms with Crippen LogP contribution in [0.2, 0.25) is 0 Å². The van der Waals surface area contributed by atoms with Crippen LogP contribution in [0.1, 0.15) is 18.1 Å². The molecule has 0 spiro atoms. The summed E-state index contributed by atoms with van der Waals surface area (Å²) in [5.74, 6) is 0.937. The summed E-state index contributed by atoms with van der Waals surface area (Å²) in [5, 5.41) is 0. The largest absolute Gasteiger partial charge is 0.492 e. The summed E-state index contributed by atoms with van der Waals surface area (Å²) >= 11 is 0. The van der Waals surface area contributed by atoms with Gasteiger partial charge in [-0.3, -0.25) is 0 Å². The van der Waals surface area contributed by atoms with Crippen LogP contribution < -0.4 is 4.74 Å². The van der Waals surface area contributed by atoms with Crippen molar-refractivity contribution in [3.8, 4) is 5.75 Å². The molecular formula is C20H25NO. The van der Waals surface area contributed by atoms with Crippen LogP contribution in [0.25, 0.3) is 5.57 Å². The van der Waals surface area contributed by atoms with Gasteiger partial charge < -0.3 is 9.64 Å². The predicted molar refractivity (Wildman–Crippen MR) is 94.3 cm³/mol. The smallest absolute Gasteiger partial charge is 0.119 e. The molecule has 2 rings (SSSR count). The van der Waals surface area contributed by atoms with Crippen LogP contribution in [0.5, 0.6) is 5.75 Å². The molecule has 0 unspecified atom stereocenters. The summed E-state index contributed by atoms with van der Waals surface area (Å²) < 4.78 is 5.73. The summed E-state index contributed by atoms with van der Waals surface area (Å²) in [5.41, 5.74) is 3.94. The number of allylic oxidation sites excluding steroid dienone is 2. The van der Waals surface area contributed by atoms with Crippen molar-refractivity contribution < 1.29 is 4.74 Å². The summed E-state index contributed by atoms with van der Waals surface area (Å²) in [6, 6.07) is 19.0. The second-order valence-corrected chi connectivity index (χ2v) is 5.65. The molecular weight excluding hydrogens is 270 g/mol. The van der Waals surface area contributed by atoms with Gasteiger partial charge in [-0.25, -0.2) is 0 Å². The minimum absolute atomic E-state index is 0.719. The van der Waals surface area contributed by atoms with Crippen LogP contribution in [0.4, 0.5) is 0 Å². The Bertz CT molecular complexity index is 585. The van der Waals surface area contributed by atoms with E-state index in [-0.39, 0.29) is 0 Å². The zero-order valence-corrected chi connectivity index (χ0v) is 13.8. The number of benzene rings is 2. The summed E-state index contributed by atoms with van der Waals surface area (Å²) in [7, 11) is 4.10. The average molecular weight is 295 g/mol. The molecule has 2 heteroatoms. The Morgan fingerprint density at radius 1 is 1.00 bits per heavy atom. The topological polar surface area (TPSA) is 12.5 Å². The van der Waals surface area contributed by atoms with Crippen LogP contribution in [-0.2, 0) is 6.42 Å². The molecule has 0 fully saturated rings. The highest BCUT2D eigenvalue weighted by atomic mass is 16.5. The number of hydrogen-bond donors (Lipinski definition) is 0. The molecule has 0 amide bonds. The maximum absolute atomic E-state index is 5.73. The second-order valence-electron chi connectivity index (χ2n) is 5.65. The Morgan fingerprint density at radius 2 is 1.68 bits per heavy atom. The molecule has 0 heterocycles. The van der Waals surface area contributed by atoms with Gasteiger partial charge >= 0.3 is 0 Å². The van der Waals surface area contributed by atoms with Gasteiger partial charge in [-0.1, -0.05) is 48.5 Å². The van der Waals surface area contributed by atoms with Crippen molar-refractivity contribution in [1.29, 1.82) is 0 Å². The number of nitrogens with zero attached hydrogens (tertiary/aromatic N) is 1. The monoisotopic (exact) mass is 295 g/mol. The average Bonchev–Trinajstić information content (AvgIpc) is 2.54. The Balaban J connectivity index is 1.96. The van der Waals surface area contributed by atoms with E-state index in [1.54, 1.807) is 0 Å². The molecule has 0 N–H and O–H groups in total. The molecule has 0 atom stereocenters. The molecule has 0 bridgehead atoms. The van der Waals surface area contributed by atoms with E-state index in [4.69, 9.17) is 4.74 Å². The summed E-state index contributed by atoms with van der Waals surface area (Å²) in [6.45, 7) is 3.75. The fraction of sp³-hybridized carbons (Fsp3) is 0.300. The fourth-order valence-electron chi connectivity index (χ4n) is 2.29. The lowest BCUT2D eigenvalue weighted by atomic mass is 9.98. The van der Waals surface area contributed by atoms with Crippen molar-refractivity contribution in [2.75, 3.05) is 27.2 Å². The third-order valence-corrected chi connectivity index (χ3v) is 3.62. The van der Waals surface area contributed by atoms with E-state index >= 15 is 0 Å². The number of hydrogen-bond acceptors (Lipinski definition) is 2. The molecule has 0 aliphatic rings. The van der Waals surface area contributed by atoms with Gasteiger partial charge in [0.2, 0.25) is 0 Å². The van der Waals surface area contributed by atoms with Crippen molar-refractivity contribution in [3.63, 3.8) is 0 Å². The first-order valence-electron chi connectivity index (χ1n) is 7.76. The van der Waals surface area contributed by atoms with Crippen LogP contribution in [0, 0.1) is 0 Å². The van der Waals surface area contributed by atoms with Crippen LogP contribution in [0.15, 0.2) is 60.7 Å². The van der Waals surface area contributed by atoms with Crippen LogP contribution in [0.3, 0.4) is 0 Å². The molecule has 116 valence electrons. The van der Waals surface area contributed by atoms with Gasteiger partial charge in [-0.05, 0) is 56.3 Å². The van der Waals surface area contributed by atoms with Gasteiger partial charge in [0.25, 0.3) is 0 Å². The normalized spacial score (nSPS) is 11.7. The van der Waals surface area contributed by atoms with Crippen molar-refractivity contribution in [3.05, 3.63) is 71.8 Å². The highest BCUT2D eigenvalue weighted by Crippen LogP contribution is 2.21. The Morgan fingerprint density at radius 3 is 2.27 bits per heavy atom. The molecule has 2 aromatic rings. The lowest BCUT2D eigenvalue weighted by Gasteiger charge is -2.12. The Kier molecular flexibility index (Phi) is 6.23. The molecule has 0 aliphatic heterocycles. The Labute approximate surface area is 134 Å². The molecule has 0 aliphatic carbocycles. The summed E-state index contributed by atoms with van der Waals surface area (Å²) in [4.78, 5) is 2.12. The van der Waals surface area contributed by atoms with E-state index in [0.29, 0.717) is 0 Å². The van der Waals surface area contributed by atoms with Gasteiger partial charge in [0.05, 0.1) is 0 Å². The second kappa shape index (κ2) is 8.40. The van der Waals surface area contributed by atoms with E-state index in [1.165, 1.54) is 16.7 Å². The van der Waals surface area contributed by atoms with Crippen LogP contribution in [-0.4, -0.2) is 32.1 Å². The van der Waals surface area contributed by atoms with E-state index in [1.807, 2.05) is 0 Å². The first-order valence-corrected chi connectivity index (χ1v) is 7.76. The molecule has 22 heavy (non-hydrogen) atoms. The minimum Gasteiger partial charge on any atom is -0.492 e. The molecule has 0 saturated heterocycles. The third kappa shape index (κ3) is 5.05. The molecule has 2 nitrogen and oxygen atoms in total. The summed E-state index contributed by atoms with van der Waals surface area (Å²) in [6.07, 6.45) is 3.13. The van der Waals surface area contributed by atoms with Gasteiger partial charge in [-0.2, -0.15) is 0 Å². The molecule has 0 saturated carbocycles. The zero-order valence-electron chi connectivity index (χ0n) is 13.8. The number of ether oxygens (including phenoxy) is 1. The van der Waals surface area contributed by atoms with Gasteiger partial charge in [-0.15, -0.1) is 0 Å². The van der Waals surface area contributed by atoms with Crippen molar-refractivity contribution >= 4 is 5.57 Å². The lowest BCUT2D eigenvalue weighted by Crippen LogP contribution is -2.19. The highest BCUT2D eigenvalue weighted by Gasteiger charge is 2.03. The highest BCUT2D eigenvalue weighted by molar-refractivity contribution is 5.67. The first-order chi connectivity index (χ1) is 10.7. The number of likely N-dealkylation sites (N-methyl/N-ethyl adjacent to an activating group) is 1. The predicted octanol–water partition coefficient (Wildman–Crippen LogP) is 4.27. The van der Waals surface area contributed by atoms with E-state index < -0.39 is 0 Å². The molecule has 0 radical (unpaired) electrons. The zero-order chi connectivity index (χ0) is 15.8. The van der Waals surface area contributed by atoms with Crippen molar-refractivity contribution in [1.82, 2.24) is 4.90 Å². The fourth-order valence-corrected chi connectivity index (χ4v) is 2.29. The van der Waals surface area contributed by atoms with Gasteiger partial charge in [0.15, 0.2) is 0 Å². The van der Waals surface area contributed by atoms with E-state index in [2.05, 4.69) is 86.6 Å². The standard InChI is InChI=1S/C20H25NO/c1-4-18(19-8-6-5-7-9-19)16-17-10-12-20(13-11-17)22-15-14-21(2)3/h4-13H,14-16H2,1-3H3/b18-4-. The van der Waals surface area contributed by atoms with Crippen molar-refractivity contribution in [2.24, 2.45) is 0 Å².